The molecule has 0 bridgehead atoms. The SMILES string of the molecule is CCOC(=O)c1c(C(OC)OC)nc(C#N)c(=N)n1O. The molecule has 0 saturated carbocycles. The molecule has 20 heavy (non-hydrogen) atoms. The van der Waals surface area contributed by atoms with E-state index in [0.29, 0.717) is 0 Å². The van der Waals surface area contributed by atoms with Crippen molar-refractivity contribution < 1.29 is 24.2 Å². The van der Waals surface area contributed by atoms with Crippen LogP contribution in [0, 0.1) is 16.7 Å². The molecule has 9 heteroatoms. The molecule has 1 rings (SSSR count). The monoisotopic (exact) mass is 282 g/mol. The molecule has 0 radical (unpaired) electrons. The first-order chi connectivity index (χ1) is 9.51. The lowest BCUT2D eigenvalue weighted by Crippen LogP contribution is -2.32. The number of carbonyl (C=O) groups is 1. The van der Waals surface area contributed by atoms with Crippen LogP contribution in [0.1, 0.15) is 35.1 Å². The largest absolute Gasteiger partial charge is 0.461 e. The number of nitrogens with zero attached hydrogens (tertiary/aromatic N) is 3. The first-order valence-corrected chi connectivity index (χ1v) is 5.55. The number of nitrogens with one attached hydrogen (secondary N) is 1. The molecule has 0 unspecified atom stereocenters. The van der Waals surface area contributed by atoms with E-state index in [9.17, 15) is 10.0 Å². The highest BCUT2D eigenvalue weighted by molar-refractivity contribution is 5.88. The Hall–Kier alpha value is -2.44. The van der Waals surface area contributed by atoms with Crippen LogP contribution in [0.15, 0.2) is 0 Å². The summed E-state index contributed by atoms with van der Waals surface area (Å²) in [5, 5.41) is 26.3. The van der Waals surface area contributed by atoms with Gasteiger partial charge >= 0.3 is 5.97 Å². The lowest BCUT2D eigenvalue weighted by molar-refractivity contribution is -0.110. The first-order valence-electron chi connectivity index (χ1n) is 5.55. The summed E-state index contributed by atoms with van der Waals surface area (Å²) in [7, 11) is 2.60. The van der Waals surface area contributed by atoms with Gasteiger partial charge in [0.25, 0.3) is 0 Å². The number of carbonyl (C=O) groups excluding carboxylic acids is 1. The molecule has 9 nitrogen and oxygen atoms in total. The third-order valence-corrected chi connectivity index (χ3v) is 2.35. The van der Waals surface area contributed by atoms with Gasteiger partial charge in [0.05, 0.1) is 6.61 Å². The van der Waals surface area contributed by atoms with Gasteiger partial charge in [0.15, 0.2) is 16.9 Å². The third kappa shape index (κ3) is 2.76. The van der Waals surface area contributed by atoms with E-state index in [1.807, 2.05) is 0 Å². The molecule has 1 aromatic rings. The minimum absolute atomic E-state index is 0.0657. The predicted molar refractivity (Wildman–Crippen MR) is 62.7 cm³/mol. The van der Waals surface area contributed by atoms with Crippen LogP contribution < -0.4 is 5.49 Å². The van der Waals surface area contributed by atoms with Crippen molar-refractivity contribution in [3.05, 3.63) is 22.6 Å². The van der Waals surface area contributed by atoms with Crippen molar-refractivity contribution in [1.82, 2.24) is 9.71 Å². The van der Waals surface area contributed by atoms with Gasteiger partial charge in [-0.2, -0.15) is 9.99 Å². The smallest absolute Gasteiger partial charge is 0.360 e. The van der Waals surface area contributed by atoms with Crippen molar-refractivity contribution in [2.24, 2.45) is 0 Å². The topological polar surface area (TPSA) is 130 Å². The summed E-state index contributed by atoms with van der Waals surface area (Å²) in [6, 6.07) is 1.64. The Morgan fingerprint density at radius 3 is 2.60 bits per heavy atom. The molecule has 0 saturated heterocycles. The van der Waals surface area contributed by atoms with Crippen molar-refractivity contribution in [3.8, 4) is 6.07 Å². The number of ether oxygens (including phenoxy) is 3. The zero-order valence-corrected chi connectivity index (χ0v) is 11.2. The van der Waals surface area contributed by atoms with Gasteiger partial charge in [-0.05, 0) is 6.92 Å². The molecule has 0 aromatic carbocycles. The van der Waals surface area contributed by atoms with Crippen LogP contribution >= 0.6 is 0 Å². The molecule has 0 atom stereocenters. The lowest BCUT2D eigenvalue weighted by Gasteiger charge is -2.17. The summed E-state index contributed by atoms with van der Waals surface area (Å²) in [4.78, 5) is 15.7. The minimum atomic E-state index is -1.10. The fourth-order valence-electron chi connectivity index (χ4n) is 1.50. The maximum atomic E-state index is 11.9. The molecule has 0 aliphatic rings. The Morgan fingerprint density at radius 1 is 1.55 bits per heavy atom. The number of methoxy groups -OCH3 is 2. The van der Waals surface area contributed by atoms with Crippen molar-refractivity contribution in [2.45, 2.75) is 13.2 Å². The van der Waals surface area contributed by atoms with Crippen molar-refractivity contribution in [2.75, 3.05) is 20.8 Å². The van der Waals surface area contributed by atoms with E-state index in [1.54, 1.807) is 13.0 Å². The van der Waals surface area contributed by atoms with E-state index >= 15 is 0 Å². The zero-order chi connectivity index (χ0) is 15.3. The summed E-state index contributed by atoms with van der Waals surface area (Å²) in [5.41, 5.74) is -1.59. The fourth-order valence-corrected chi connectivity index (χ4v) is 1.50. The van der Waals surface area contributed by atoms with Gasteiger partial charge < -0.3 is 19.4 Å². The van der Waals surface area contributed by atoms with Gasteiger partial charge in [-0.1, -0.05) is 0 Å². The summed E-state index contributed by atoms with van der Waals surface area (Å²) in [6.07, 6.45) is -1.10. The number of hydrogen-bond acceptors (Lipinski definition) is 8. The number of aromatic nitrogens is 2. The Morgan fingerprint density at radius 2 is 2.15 bits per heavy atom. The molecule has 108 valence electrons. The van der Waals surface area contributed by atoms with E-state index in [0.717, 1.165) is 0 Å². The first kappa shape index (κ1) is 15.6. The molecule has 0 amide bonds. The van der Waals surface area contributed by atoms with Gasteiger partial charge in [-0.25, -0.2) is 9.78 Å². The van der Waals surface area contributed by atoms with E-state index < -0.39 is 23.4 Å². The Balaban J connectivity index is 3.61. The molecular formula is C11H14N4O5. The fraction of sp³-hybridized carbons (Fsp3) is 0.455. The summed E-state index contributed by atoms with van der Waals surface area (Å²) in [6.45, 7) is 1.65. The third-order valence-electron chi connectivity index (χ3n) is 2.35. The highest BCUT2D eigenvalue weighted by Crippen LogP contribution is 2.19. The summed E-state index contributed by atoms with van der Waals surface area (Å²) in [5.74, 6) is -0.908. The normalized spacial score (nSPS) is 10.3. The second-order valence-electron chi connectivity index (χ2n) is 3.49. The maximum absolute atomic E-state index is 11.9. The lowest BCUT2D eigenvalue weighted by atomic mass is 10.2. The second kappa shape index (κ2) is 6.65. The van der Waals surface area contributed by atoms with Crippen molar-refractivity contribution in [1.29, 1.82) is 10.7 Å². The Labute approximate surface area is 114 Å². The summed E-state index contributed by atoms with van der Waals surface area (Å²) < 4.78 is 14.9. The number of nitriles is 1. The van der Waals surface area contributed by atoms with E-state index in [4.69, 9.17) is 24.9 Å². The minimum Gasteiger partial charge on any atom is -0.461 e. The molecule has 1 aromatic heterocycles. The van der Waals surface area contributed by atoms with E-state index in [1.165, 1.54) is 14.2 Å². The van der Waals surface area contributed by atoms with Crippen LogP contribution in [0.25, 0.3) is 0 Å². The van der Waals surface area contributed by atoms with E-state index in [2.05, 4.69) is 4.98 Å². The molecule has 0 aliphatic heterocycles. The van der Waals surface area contributed by atoms with Gasteiger partial charge in [0.1, 0.15) is 11.8 Å². The van der Waals surface area contributed by atoms with Crippen LogP contribution in [-0.4, -0.2) is 41.7 Å². The number of hydrogen-bond donors (Lipinski definition) is 2. The molecule has 0 spiro atoms. The van der Waals surface area contributed by atoms with Crippen LogP contribution in [0.5, 0.6) is 0 Å². The Bertz CT molecular complexity index is 600. The highest BCUT2D eigenvalue weighted by Gasteiger charge is 2.27. The average molecular weight is 282 g/mol. The molecule has 2 N–H and O–H groups in total. The summed E-state index contributed by atoms with van der Waals surface area (Å²) >= 11 is 0. The van der Waals surface area contributed by atoms with Crippen LogP contribution in [-0.2, 0) is 14.2 Å². The predicted octanol–water partition coefficient (Wildman–Crippen LogP) is -0.0603. The molecule has 0 aliphatic carbocycles. The quantitative estimate of drug-likeness (QED) is 0.439. The van der Waals surface area contributed by atoms with Gasteiger partial charge in [-0.15, -0.1) is 0 Å². The van der Waals surface area contributed by atoms with Gasteiger partial charge in [-0.3, -0.25) is 5.41 Å². The van der Waals surface area contributed by atoms with Gasteiger partial charge in [0, 0.05) is 14.2 Å². The molecule has 0 fully saturated rings. The average Bonchev–Trinajstić information content (AvgIpc) is 2.44. The van der Waals surface area contributed by atoms with Crippen LogP contribution in [0.4, 0.5) is 0 Å². The second-order valence-corrected chi connectivity index (χ2v) is 3.49. The van der Waals surface area contributed by atoms with Crippen LogP contribution in [0.3, 0.4) is 0 Å². The zero-order valence-electron chi connectivity index (χ0n) is 11.2. The van der Waals surface area contributed by atoms with E-state index in [-0.39, 0.29) is 22.7 Å². The number of esters is 1. The Kier molecular flexibility index (Phi) is 5.19. The van der Waals surface area contributed by atoms with Crippen LogP contribution in [0.2, 0.25) is 0 Å². The van der Waals surface area contributed by atoms with Gasteiger partial charge in [0.2, 0.25) is 6.29 Å². The number of rotatable bonds is 5. The highest BCUT2D eigenvalue weighted by atomic mass is 16.7. The maximum Gasteiger partial charge on any atom is 0.360 e. The molecular weight excluding hydrogens is 268 g/mol. The standard InChI is InChI=1S/C11H14N4O5/c1-4-20-10(16)8-7(11(18-2)19-3)14-6(5-12)9(13)15(8)17/h11,13,17H,4H2,1-3H3. The van der Waals surface area contributed by atoms with Crippen molar-refractivity contribution in [3.63, 3.8) is 0 Å². The van der Waals surface area contributed by atoms with Crippen molar-refractivity contribution >= 4 is 5.97 Å². The molecule has 1 heterocycles.